The molecule has 3 rings (SSSR count). The topological polar surface area (TPSA) is 78.7 Å². The van der Waals surface area contributed by atoms with Gasteiger partial charge in [0.25, 0.3) is 5.91 Å². The number of rotatable bonds is 3. The Morgan fingerprint density at radius 3 is 2.52 bits per heavy atom. The normalized spacial score (nSPS) is 17.6. The minimum Gasteiger partial charge on any atom is -0.360 e. The molecular weight excluding hydrogens is 391 g/mol. The third-order valence-corrected chi connectivity index (χ3v) is 5.08. The zero-order valence-corrected chi connectivity index (χ0v) is 16.7. The van der Waals surface area contributed by atoms with Crippen LogP contribution >= 0.6 is 23.2 Å². The Balaban J connectivity index is 2.09. The van der Waals surface area contributed by atoms with Gasteiger partial charge in [-0.25, -0.2) is 4.79 Å². The van der Waals surface area contributed by atoms with E-state index in [1.54, 1.807) is 52.2 Å². The first-order chi connectivity index (χ1) is 12.7. The van der Waals surface area contributed by atoms with Crippen molar-refractivity contribution in [2.45, 2.75) is 19.9 Å². The van der Waals surface area contributed by atoms with Gasteiger partial charge in [0.05, 0.1) is 11.6 Å². The summed E-state index contributed by atoms with van der Waals surface area (Å²) in [5.74, 6) is 0.463. The number of carbonyl (C=O) groups excluding carboxylic acids is 2. The highest BCUT2D eigenvalue weighted by Crippen LogP contribution is 2.39. The molecule has 0 radical (unpaired) electrons. The van der Waals surface area contributed by atoms with Crippen molar-refractivity contribution in [1.29, 1.82) is 0 Å². The molecule has 7 nitrogen and oxygen atoms in total. The number of urea groups is 1. The van der Waals surface area contributed by atoms with E-state index in [-0.39, 0.29) is 6.03 Å². The maximum atomic E-state index is 13.1. The number of hydrogen-bond acceptors (Lipinski definition) is 4. The zero-order valence-electron chi connectivity index (χ0n) is 15.2. The van der Waals surface area contributed by atoms with Crippen molar-refractivity contribution in [3.05, 3.63) is 56.9 Å². The highest BCUT2D eigenvalue weighted by Gasteiger charge is 2.39. The number of nitrogens with zero attached hydrogens (tertiary/aromatic N) is 3. The van der Waals surface area contributed by atoms with Crippen LogP contribution in [0.4, 0.5) is 10.6 Å². The molecule has 0 bridgehead atoms. The van der Waals surface area contributed by atoms with E-state index in [0.29, 0.717) is 38.5 Å². The molecule has 142 valence electrons. The Kier molecular flexibility index (Phi) is 5.17. The van der Waals surface area contributed by atoms with Gasteiger partial charge in [-0.05, 0) is 31.5 Å². The van der Waals surface area contributed by atoms with Gasteiger partial charge in [0, 0.05) is 35.9 Å². The van der Waals surface area contributed by atoms with Crippen LogP contribution in [0.3, 0.4) is 0 Å². The summed E-state index contributed by atoms with van der Waals surface area (Å²) in [5.41, 5.74) is 1.50. The number of anilines is 1. The van der Waals surface area contributed by atoms with Crippen LogP contribution in [0.1, 0.15) is 24.3 Å². The Labute approximate surface area is 166 Å². The molecule has 1 aromatic carbocycles. The fraction of sp³-hybridized carbons (Fsp3) is 0.278. The third-order valence-electron chi connectivity index (χ3n) is 4.51. The van der Waals surface area contributed by atoms with Gasteiger partial charge >= 0.3 is 6.03 Å². The molecule has 0 saturated carbocycles. The fourth-order valence-corrected chi connectivity index (χ4v) is 3.56. The molecule has 2 heterocycles. The monoisotopic (exact) mass is 408 g/mol. The van der Waals surface area contributed by atoms with Crippen LogP contribution in [0.2, 0.25) is 10.0 Å². The smallest absolute Gasteiger partial charge is 0.324 e. The summed E-state index contributed by atoms with van der Waals surface area (Å²) in [6.45, 7) is 3.44. The molecule has 1 atom stereocenters. The first-order valence-corrected chi connectivity index (χ1v) is 8.87. The number of aromatic nitrogens is 1. The number of allylic oxidation sites excluding steroid dienone is 1. The lowest BCUT2D eigenvalue weighted by Crippen LogP contribution is -2.47. The van der Waals surface area contributed by atoms with Gasteiger partial charge < -0.3 is 19.6 Å². The number of likely N-dealkylation sites (N-methyl/N-ethyl adjacent to an activating group) is 1. The minimum atomic E-state index is -0.675. The van der Waals surface area contributed by atoms with E-state index >= 15 is 0 Å². The maximum absolute atomic E-state index is 13.1. The number of halogens is 2. The molecule has 3 amide bonds. The second-order valence-corrected chi connectivity index (χ2v) is 7.14. The molecule has 0 aliphatic carbocycles. The Bertz CT molecular complexity index is 954. The predicted octanol–water partition coefficient (Wildman–Crippen LogP) is 4.24. The third kappa shape index (κ3) is 3.52. The zero-order chi connectivity index (χ0) is 19.9. The van der Waals surface area contributed by atoms with Gasteiger partial charge in [-0.2, -0.15) is 0 Å². The molecule has 0 saturated heterocycles. The van der Waals surface area contributed by atoms with Gasteiger partial charge in [0.15, 0.2) is 5.82 Å². The Hall–Kier alpha value is -2.51. The molecular formula is C18H18Cl2N4O3. The second-order valence-electron chi connectivity index (χ2n) is 6.30. The minimum absolute atomic E-state index is 0.252. The predicted molar refractivity (Wildman–Crippen MR) is 103 cm³/mol. The summed E-state index contributed by atoms with van der Waals surface area (Å²) in [5, 5.41) is 7.34. The van der Waals surface area contributed by atoms with Crippen LogP contribution in [0, 0.1) is 6.92 Å². The van der Waals surface area contributed by atoms with Crippen molar-refractivity contribution in [2.75, 3.05) is 19.4 Å². The van der Waals surface area contributed by atoms with Gasteiger partial charge in [0.1, 0.15) is 5.76 Å². The molecule has 1 aliphatic rings. The summed E-state index contributed by atoms with van der Waals surface area (Å²) in [4.78, 5) is 28.6. The summed E-state index contributed by atoms with van der Waals surface area (Å²) in [6.07, 6.45) is 0. The van der Waals surface area contributed by atoms with Gasteiger partial charge in [-0.3, -0.25) is 4.79 Å². The van der Waals surface area contributed by atoms with E-state index < -0.39 is 11.9 Å². The lowest BCUT2D eigenvalue weighted by Gasteiger charge is -2.40. The quantitative estimate of drug-likeness (QED) is 0.823. The van der Waals surface area contributed by atoms with Crippen molar-refractivity contribution < 1.29 is 14.1 Å². The number of carbonyl (C=O) groups is 2. The van der Waals surface area contributed by atoms with E-state index in [9.17, 15) is 9.59 Å². The number of hydrogen-bond donors (Lipinski definition) is 1. The maximum Gasteiger partial charge on any atom is 0.324 e. The SMILES string of the molecule is CC1=C(C(=O)Nc2cc(C)on2)C(c2ccc(Cl)cc2Cl)N(C)C(=O)N1C. The van der Waals surface area contributed by atoms with Crippen molar-refractivity contribution in [3.8, 4) is 0 Å². The first kappa shape index (κ1) is 19.3. The number of amides is 3. The standard InChI is InChI=1S/C18H18Cl2N4O3/c1-9-7-14(22-27-9)21-17(25)15-10(2)23(3)18(26)24(4)16(15)12-6-5-11(19)8-13(12)20/h5-8,16H,1-4H3,(H,21,22,25). The molecule has 1 unspecified atom stereocenters. The summed E-state index contributed by atoms with van der Waals surface area (Å²) in [6, 6.07) is 5.65. The van der Waals surface area contributed by atoms with Crippen molar-refractivity contribution >= 4 is 41.0 Å². The summed E-state index contributed by atoms with van der Waals surface area (Å²) < 4.78 is 4.99. The fourth-order valence-electron chi connectivity index (χ4n) is 3.05. The van der Waals surface area contributed by atoms with Crippen LogP contribution in [0.15, 0.2) is 40.1 Å². The average Bonchev–Trinajstić information content (AvgIpc) is 3.01. The number of benzene rings is 1. The summed E-state index contributed by atoms with van der Waals surface area (Å²) >= 11 is 12.4. The van der Waals surface area contributed by atoms with Crippen molar-refractivity contribution in [3.63, 3.8) is 0 Å². The molecule has 1 N–H and O–H groups in total. The lowest BCUT2D eigenvalue weighted by molar-refractivity contribution is -0.113. The Morgan fingerprint density at radius 1 is 1.22 bits per heavy atom. The van der Waals surface area contributed by atoms with Gasteiger partial charge in [-0.15, -0.1) is 0 Å². The van der Waals surface area contributed by atoms with E-state index in [2.05, 4.69) is 10.5 Å². The lowest BCUT2D eigenvalue weighted by atomic mass is 9.93. The summed E-state index contributed by atoms with van der Waals surface area (Å²) in [7, 11) is 3.23. The van der Waals surface area contributed by atoms with Gasteiger partial charge in [-0.1, -0.05) is 34.4 Å². The number of aryl methyl sites for hydroxylation is 1. The molecule has 0 spiro atoms. The molecule has 9 heteroatoms. The van der Waals surface area contributed by atoms with Gasteiger partial charge in [0.2, 0.25) is 0 Å². The molecule has 1 aromatic heterocycles. The van der Waals surface area contributed by atoms with Crippen LogP contribution in [0.25, 0.3) is 0 Å². The van der Waals surface area contributed by atoms with Crippen LogP contribution < -0.4 is 5.32 Å². The second kappa shape index (κ2) is 7.25. The van der Waals surface area contributed by atoms with Crippen molar-refractivity contribution in [2.24, 2.45) is 0 Å². The van der Waals surface area contributed by atoms with E-state index in [1.807, 2.05) is 0 Å². The number of nitrogens with one attached hydrogen (secondary N) is 1. The van der Waals surface area contributed by atoms with E-state index in [4.69, 9.17) is 27.7 Å². The Morgan fingerprint density at radius 2 is 1.93 bits per heavy atom. The van der Waals surface area contributed by atoms with E-state index in [1.165, 1.54) is 9.80 Å². The highest BCUT2D eigenvalue weighted by atomic mass is 35.5. The van der Waals surface area contributed by atoms with Crippen molar-refractivity contribution in [1.82, 2.24) is 15.0 Å². The molecule has 0 fully saturated rings. The largest absolute Gasteiger partial charge is 0.360 e. The molecule has 2 aromatic rings. The molecule has 1 aliphatic heterocycles. The average molecular weight is 409 g/mol. The highest BCUT2D eigenvalue weighted by molar-refractivity contribution is 6.35. The van der Waals surface area contributed by atoms with Crippen LogP contribution in [-0.2, 0) is 4.79 Å². The molecule has 27 heavy (non-hydrogen) atoms. The van der Waals surface area contributed by atoms with Crippen LogP contribution in [0.5, 0.6) is 0 Å². The van der Waals surface area contributed by atoms with Crippen LogP contribution in [-0.4, -0.2) is 41.0 Å². The first-order valence-electron chi connectivity index (χ1n) is 8.11. The van der Waals surface area contributed by atoms with E-state index in [0.717, 1.165) is 0 Å².